The summed E-state index contributed by atoms with van der Waals surface area (Å²) in [7, 11) is -11.0. The standard InChI is InChI=1S/C8H16O12P2/c9-2-3(10)1-4(5(7(11)12)21(15,16)17)6(8(13)14)22(18,19)20/h3-6,9-10H,1-2H2,(H,11,12)(H,13,14)(H2,15,16,17)(H2,18,19,20). The van der Waals surface area contributed by atoms with E-state index in [1.807, 2.05) is 0 Å². The van der Waals surface area contributed by atoms with Crippen LogP contribution < -0.4 is 0 Å². The number of aliphatic carboxylic acids is 2. The van der Waals surface area contributed by atoms with Gasteiger partial charge in [0.25, 0.3) is 0 Å². The fraction of sp³-hybridized carbons (Fsp3) is 0.750. The number of carbonyl (C=O) groups is 2. The average Bonchev–Trinajstić information content (AvgIpc) is 2.23. The molecule has 3 unspecified atom stereocenters. The highest BCUT2D eigenvalue weighted by Crippen LogP contribution is 2.54. The van der Waals surface area contributed by atoms with Crippen LogP contribution in [0.5, 0.6) is 0 Å². The summed E-state index contributed by atoms with van der Waals surface area (Å²) in [5.41, 5.74) is -5.55. The van der Waals surface area contributed by atoms with Gasteiger partial charge in [-0.05, 0) is 6.42 Å². The maximum absolute atomic E-state index is 11.3. The molecule has 14 heteroatoms. The third-order valence-corrected chi connectivity index (χ3v) is 5.45. The highest BCUT2D eigenvalue weighted by atomic mass is 31.2. The van der Waals surface area contributed by atoms with Gasteiger partial charge in [-0.1, -0.05) is 0 Å². The molecule has 0 heterocycles. The summed E-state index contributed by atoms with van der Waals surface area (Å²) in [6.07, 6.45) is -2.88. The second kappa shape index (κ2) is 7.62. The summed E-state index contributed by atoms with van der Waals surface area (Å²) in [5.74, 6) is -6.70. The van der Waals surface area contributed by atoms with E-state index in [4.69, 9.17) is 34.9 Å². The van der Waals surface area contributed by atoms with Crippen molar-refractivity contribution < 1.29 is 58.7 Å². The van der Waals surface area contributed by atoms with Gasteiger partial charge in [-0.2, -0.15) is 0 Å². The second-order valence-corrected chi connectivity index (χ2v) is 7.95. The number of carboxylic acid groups (broad SMARTS) is 2. The van der Waals surface area contributed by atoms with Crippen LogP contribution in [-0.4, -0.2) is 76.0 Å². The molecule has 0 saturated carbocycles. The molecule has 0 saturated heterocycles. The highest BCUT2D eigenvalue weighted by molar-refractivity contribution is 7.55. The first-order valence-corrected chi connectivity index (χ1v) is 8.94. The fourth-order valence-corrected chi connectivity index (χ4v) is 4.27. The summed E-state index contributed by atoms with van der Waals surface area (Å²) in [6, 6.07) is 0. The lowest BCUT2D eigenvalue weighted by molar-refractivity contribution is -0.140. The van der Waals surface area contributed by atoms with Crippen LogP contribution in [0.25, 0.3) is 0 Å². The van der Waals surface area contributed by atoms with Crippen molar-refractivity contribution >= 4 is 27.1 Å². The number of carboxylic acids is 2. The van der Waals surface area contributed by atoms with Gasteiger partial charge >= 0.3 is 27.1 Å². The summed E-state index contributed by atoms with van der Waals surface area (Å²) in [6.45, 7) is -1.03. The lowest BCUT2D eigenvalue weighted by Crippen LogP contribution is -2.43. The SMILES string of the molecule is O=C(O)C(C(CC(O)CO)C(C(=O)O)P(=O)(O)O)P(=O)(O)O. The lowest BCUT2D eigenvalue weighted by Gasteiger charge is -2.30. The Morgan fingerprint density at radius 2 is 1.18 bits per heavy atom. The predicted molar refractivity (Wildman–Crippen MR) is 68.1 cm³/mol. The topological polar surface area (TPSA) is 230 Å². The van der Waals surface area contributed by atoms with E-state index in [1.54, 1.807) is 0 Å². The molecule has 130 valence electrons. The van der Waals surface area contributed by atoms with Crippen LogP contribution in [0, 0.1) is 5.92 Å². The quantitative estimate of drug-likeness (QED) is 0.200. The van der Waals surface area contributed by atoms with Crippen LogP contribution >= 0.6 is 15.2 Å². The highest BCUT2D eigenvalue weighted by Gasteiger charge is 2.53. The summed E-state index contributed by atoms with van der Waals surface area (Å²) in [4.78, 5) is 58.2. The molecule has 0 amide bonds. The van der Waals surface area contributed by atoms with Crippen molar-refractivity contribution in [1.82, 2.24) is 0 Å². The molecular weight excluding hydrogens is 350 g/mol. The van der Waals surface area contributed by atoms with E-state index in [0.717, 1.165) is 0 Å². The molecule has 0 spiro atoms. The van der Waals surface area contributed by atoms with Crippen LogP contribution in [0.1, 0.15) is 6.42 Å². The second-order valence-electron chi connectivity index (χ2n) is 4.48. The lowest BCUT2D eigenvalue weighted by atomic mass is 9.93. The average molecular weight is 366 g/mol. The van der Waals surface area contributed by atoms with Gasteiger partial charge in [-0.3, -0.25) is 18.7 Å². The van der Waals surface area contributed by atoms with Crippen LogP contribution in [-0.2, 0) is 18.7 Å². The van der Waals surface area contributed by atoms with E-state index in [2.05, 4.69) is 0 Å². The minimum atomic E-state index is -5.52. The Morgan fingerprint density at radius 1 is 0.864 bits per heavy atom. The molecule has 0 rings (SSSR count). The number of hydrogen-bond donors (Lipinski definition) is 8. The molecule has 0 aliphatic rings. The Labute approximate surface area is 123 Å². The molecule has 8 N–H and O–H groups in total. The van der Waals surface area contributed by atoms with Crippen molar-refractivity contribution in [3.05, 3.63) is 0 Å². The molecule has 12 nitrogen and oxygen atoms in total. The maximum atomic E-state index is 11.3. The van der Waals surface area contributed by atoms with E-state index >= 15 is 0 Å². The number of aliphatic hydroxyl groups is 2. The molecule has 0 fully saturated rings. The molecule has 0 aliphatic heterocycles. The number of hydrogen-bond acceptors (Lipinski definition) is 6. The first-order chi connectivity index (χ1) is 9.73. The molecule has 0 bridgehead atoms. The van der Waals surface area contributed by atoms with Gasteiger partial charge < -0.3 is 40.0 Å². The first kappa shape index (κ1) is 21.2. The van der Waals surface area contributed by atoms with Crippen LogP contribution in [0.15, 0.2) is 0 Å². The van der Waals surface area contributed by atoms with Crippen molar-refractivity contribution in [1.29, 1.82) is 0 Å². The van der Waals surface area contributed by atoms with E-state index in [-0.39, 0.29) is 0 Å². The first-order valence-electron chi connectivity index (χ1n) is 5.58. The molecule has 0 aromatic heterocycles. The molecular formula is C8H16O12P2. The van der Waals surface area contributed by atoms with Crippen molar-refractivity contribution in [2.24, 2.45) is 5.92 Å². The van der Waals surface area contributed by atoms with Crippen molar-refractivity contribution in [3.8, 4) is 0 Å². The Bertz CT molecular complexity index is 465. The monoisotopic (exact) mass is 366 g/mol. The number of rotatable bonds is 9. The Hall–Kier alpha value is -0.840. The Morgan fingerprint density at radius 3 is 1.36 bits per heavy atom. The zero-order chi connectivity index (χ0) is 17.9. The fourth-order valence-electron chi connectivity index (χ4n) is 1.97. The van der Waals surface area contributed by atoms with Crippen molar-refractivity contribution in [2.75, 3.05) is 6.61 Å². The molecule has 0 aliphatic carbocycles. The van der Waals surface area contributed by atoms with Crippen molar-refractivity contribution in [2.45, 2.75) is 23.8 Å². The Balaban J connectivity index is 6.10. The minimum Gasteiger partial charge on any atom is -0.481 e. The Kier molecular flexibility index (Phi) is 7.33. The summed E-state index contributed by atoms with van der Waals surface area (Å²) >= 11 is 0. The zero-order valence-electron chi connectivity index (χ0n) is 10.8. The van der Waals surface area contributed by atoms with Gasteiger partial charge in [-0.25, -0.2) is 0 Å². The van der Waals surface area contributed by atoms with Gasteiger partial charge in [0.05, 0.1) is 12.7 Å². The largest absolute Gasteiger partial charge is 0.481 e. The smallest absolute Gasteiger partial charge is 0.340 e. The predicted octanol–water partition coefficient (Wildman–Crippen LogP) is -2.39. The summed E-state index contributed by atoms with van der Waals surface area (Å²) in [5, 5.41) is 35.7. The molecule has 0 radical (unpaired) electrons. The molecule has 3 atom stereocenters. The van der Waals surface area contributed by atoms with E-state index < -0.39 is 63.5 Å². The van der Waals surface area contributed by atoms with E-state index in [0.29, 0.717) is 0 Å². The van der Waals surface area contributed by atoms with E-state index in [9.17, 15) is 23.8 Å². The van der Waals surface area contributed by atoms with Crippen molar-refractivity contribution in [3.63, 3.8) is 0 Å². The minimum absolute atomic E-state index is 1.03. The summed E-state index contributed by atoms with van der Waals surface area (Å²) < 4.78 is 22.5. The van der Waals surface area contributed by atoms with Gasteiger partial charge in [-0.15, -0.1) is 0 Å². The third-order valence-electron chi connectivity index (χ3n) is 2.80. The van der Waals surface area contributed by atoms with Crippen LogP contribution in [0.2, 0.25) is 0 Å². The van der Waals surface area contributed by atoms with Gasteiger partial charge in [0.2, 0.25) is 0 Å². The molecule has 0 aromatic carbocycles. The van der Waals surface area contributed by atoms with Gasteiger partial charge in [0.1, 0.15) is 0 Å². The maximum Gasteiger partial charge on any atom is 0.340 e. The zero-order valence-corrected chi connectivity index (χ0v) is 12.6. The molecule has 22 heavy (non-hydrogen) atoms. The van der Waals surface area contributed by atoms with Crippen LogP contribution in [0.4, 0.5) is 0 Å². The molecule has 0 aromatic rings. The normalized spacial score (nSPS) is 18.3. The van der Waals surface area contributed by atoms with Gasteiger partial charge in [0, 0.05) is 5.92 Å². The van der Waals surface area contributed by atoms with E-state index in [1.165, 1.54) is 0 Å². The van der Waals surface area contributed by atoms with Crippen LogP contribution in [0.3, 0.4) is 0 Å². The third kappa shape index (κ3) is 5.75. The van der Waals surface area contributed by atoms with Gasteiger partial charge in [0.15, 0.2) is 11.3 Å². The number of aliphatic hydroxyl groups excluding tert-OH is 2.